The molecular weight excluding hydrogens is 413 g/mol. The summed E-state index contributed by atoms with van der Waals surface area (Å²) in [5.41, 5.74) is 0.836. The molecule has 0 saturated carbocycles. The van der Waals surface area contributed by atoms with Crippen molar-refractivity contribution in [2.75, 3.05) is 19.8 Å². The van der Waals surface area contributed by atoms with Crippen molar-refractivity contribution in [3.05, 3.63) is 51.1 Å². The van der Waals surface area contributed by atoms with Gasteiger partial charge in [-0.15, -0.1) is 0 Å². The van der Waals surface area contributed by atoms with Crippen LogP contribution in [0.4, 0.5) is 4.39 Å². The smallest absolute Gasteiger partial charge is 0.343 e. The Morgan fingerprint density at radius 1 is 1.31 bits per heavy atom. The normalized spacial score (nSPS) is 20.3. The molecule has 0 radical (unpaired) electrons. The maximum Gasteiger partial charge on any atom is 0.343 e. The number of rotatable bonds is 6. The Morgan fingerprint density at radius 3 is 2.75 bits per heavy atom. The molecule has 2 atom stereocenters. The van der Waals surface area contributed by atoms with Crippen molar-refractivity contribution in [2.45, 2.75) is 59.6 Å². The second-order valence-corrected chi connectivity index (χ2v) is 9.23. The van der Waals surface area contributed by atoms with E-state index in [2.05, 4.69) is 6.92 Å². The number of aryl methyl sites for hydroxylation is 1. The van der Waals surface area contributed by atoms with Gasteiger partial charge in [0, 0.05) is 17.2 Å². The van der Waals surface area contributed by atoms with Gasteiger partial charge in [0.1, 0.15) is 17.4 Å². The van der Waals surface area contributed by atoms with E-state index in [9.17, 15) is 9.59 Å². The van der Waals surface area contributed by atoms with Crippen LogP contribution >= 0.6 is 0 Å². The number of pyridine rings is 1. The number of unbranched alkanes of at least 4 members (excludes halogenated alkanes) is 1. The molecule has 2 aliphatic heterocycles. The van der Waals surface area contributed by atoms with Crippen molar-refractivity contribution in [1.29, 1.82) is 0 Å². The first-order valence-electron chi connectivity index (χ1n) is 11.2. The van der Waals surface area contributed by atoms with Crippen molar-refractivity contribution in [1.82, 2.24) is 4.57 Å². The number of halogens is 1. The SMILES string of the molecule is CCCCOc1cc2c(cc1C)-c1c(F)c(=O)c(C(=O)OCC)cn1[C@H]1[C@@H]2OCC1(C)C. The van der Waals surface area contributed by atoms with Gasteiger partial charge in [0.15, 0.2) is 5.82 Å². The van der Waals surface area contributed by atoms with Gasteiger partial charge in [-0.25, -0.2) is 9.18 Å². The first kappa shape index (κ1) is 22.5. The van der Waals surface area contributed by atoms with Gasteiger partial charge in [-0.2, -0.15) is 0 Å². The monoisotopic (exact) mass is 443 g/mol. The Labute approximate surface area is 187 Å². The lowest BCUT2D eigenvalue weighted by atomic mass is 9.78. The molecule has 1 fully saturated rings. The molecule has 0 amide bonds. The highest BCUT2D eigenvalue weighted by Gasteiger charge is 2.50. The van der Waals surface area contributed by atoms with Gasteiger partial charge in [0.2, 0.25) is 5.43 Å². The summed E-state index contributed by atoms with van der Waals surface area (Å²) in [6.07, 6.45) is 3.06. The Hall–Kier alpha value is -2.67. The number of hydrogen-bond donors (Lipinski definition) is 0. The van der Waals surface area contributed by atoms with Gasteiger partial charge < -0.3 is 18.8 Å². The number of hydrogen-bond acceptors (Lipinski definition) is 5. The summed E-state index contributed by atoms with van der Waals surface area (Å²) in [6, 6.07) is 3.48. The van der Waals surface area contributed by atoms with Crippen LogP contribution in [-0.2, 0) is 9.47 Å². The summed E-state index contributed by atoms with van der Waals surface area (Å²) in [5, 5.41) is 0. The zero-order chi connectivity index (χ0) is 23.2. The van der Waals surface area contributed by atoms with Crippen LogP contribution in [0.25, 0.3) is 11.3 Å². The van der Waals surface area contributed by atoms with Crippen molar-refractivity contribution in [3.8, 4) is 17.0 Å². The lowest BCUT2D eigenvalue weighted by Crippen LogP contribution is -2.35. The lowest BCUT2D eigenvalue weighted by molar-refractivity contribution is 0.0521. The second kappa shape index (κ2) is 8.35. The molecule has 1 aromatic carbocycles. The number of fused-ring (bicyclic) bond motifs is 6. The average molecular weight is 444 g/mol. The minimum absolute atomic E-state index is 0.102. The molecule has 0 N–H and O–H groups in total. The average Bonchev–Trinajstić information content (AvgIpc) is 3.06. The highest BCUT2D eigenvalue weighted by Crippen LogP contribution is 2.56. The van der Waals surface area contributed by atoms with Crippen LogP contribution in [0.3, 0.4) is 0 Å². The predicted octanol–water partition coefficient (Wildman–Crippen LogP) is 4.97. The van der Waals surface area contributed by atoms with Crippen LogP contribution in [0.15, 0.2) is 23.1 Å². The molecule has 2 aliphatic rings. The van der Waals surface area contributed by atoms with Crippen LogP contribution in [-0.4, -0.2) is 30.4 Å². The zero-order valence-corrected chi connectivity index (χ0v) is 19.3. The Balaban J connectivity index is 1.95. The first-order chi connectivity index (χ1) is 15.2. The molecule has 4 rings (SSSR count). The molecule has 2 aromatic rings. The number of carbonyl (C=O) groups is 1. The molecule has 0 spiro atoms. The van der Waals surface area contributed by atoms with Crippen LogP contribution in [0.5, 0.6) is 5.75 Å². The Kier molecular flexibility index (Phi) is 5.88. The van der Waals surface area contributed by atoms with E-state index < -0.39 is 17.2 Å². The van der Waals surface area contributed by atoms with Crippen molar-refractivity contribution < 1.29 is 23.4 Å². The molecule has 172 valence electrons. The molecular formula is C25H30FNO5. The first-order valence-corrected chi connectivity index (χ1v) is 11.2. The number of benzene rings is 1. The van der Waals surface area contributed by atoms with E-state index in [4.69, 9.17) is 14.2 Å². The second-order valence-electron chi connectivity index (χ2n) is 9.23. The number of nitrogens with zero attached hydrogens (tertiary/aromatic N) is 1. The Morgan fingerprint density at radius 2 is 2.06 bits per heavy atom. The molecule has 6 nitrogen and oxygen atoms in total. The summed E-state index contributed by atoms with van der Waals surface area (Å²) in [6.45, 7) is 10.9. The zero-order valence-electron chi connectivity index (χ0n) is 19.3. The fraction of sp³-hybridized carbons (Fsp3) is 0.520. The third-order valence-electron chi connectivity index (χ3n) is 6.36. The van der Waals surface area contributed by atoms with Crippen molar-refractivity contribution in [2.24, 2.45) is 5.41 Å². The van der Waals surface area contributed by atoms with Gasteiger partial charge in [-0.1, -0.05) is 27.2 Å². The van der Waals surface area contributed by atoms with Crippen LogP contribution < -0.4 is 10.2 Å². The molecule has 0 bridgehead atoms. The van der Waals surface area contributed by atoms with E-state index in [-0.39, 0.29) is 35.4 Å². The summed E-state index contributed by atoms with van der Waals surface area (Å²) < 4.78 is 34.5. The van der Waals surface area contributed by atoms with Crippen molar-refractivity contribution in [3.63, 3.8) is 0 Å². The fourth-order valence-electron chi connectivity index (χ4n) is 4.73. The standard InChI is InChI=1S/C25H30FNO5/c1-6-8-9-31-18-11-16-15(10-14(18)3)20-19(26)21(28)17(24(29)30-7-2)12-27(20)23-22(16)32-13-25(23,4)5/h10-12,22-23H,6-9,13H2,1-5H3/t22-,23+/m1/s1. The molecule has 0 aliphatic carbocycles. The largest absolute Gasteiger partial charge is 0.493 e. The van der Waals surface area contributed by atoms with Crippen LogP contribution in [0, 0.1) is 18.2 Å². The van der Waals surface area contributed by atoms with E-state index in [1.165, 1.54) is 6.20 Å². The van der Waals surface area contributed by atoms with E-state index in [1.807, 2.05) is 32.9 Å². The fourth-order valence-corrected chi connectivity index (χ4v) is 4.73. The number of aromatic nitrogens is 1. The quantitative estimate of drug-likeness (QED) is 0.466. The van der Waals surface area contributed by atoms with Gasteiger partial charge in [-0.05, 0) is 43.5 Å². The molecule has 0 unspecified atom stereocenters. The topological polar surface area (TPSA) is 66.8 Å². The minimum atomic E-state index is -0.947. The van der Waals surface area contributed by atoms with Crippen LogP contribution in [0.2, 0.25) is 0 Å². The van der Waals surface area contributed by atoms with Crippen LogP contribution in [0.1, 0.15) is 74.2 Å². The van der Waals surface area contributed by atoms with E-state index in [0.717, 1.165) is 29.7 Å². The van der Waals surface area contributed by atoms with E-state index in [1.54, 1.807) is 11.5 Å². The summed E-state index contributed by atoms with van der Waals surface area (Å²) in [7, 11) is 0. The van der Waals surface area contributed by atoms with Gasteiger partial charge in [0.25, 0.3) is 0 Å². The highest BCUT2D eigenvalue weighted by atomic mass is 19.1. The molecule has 3 heterocycles. The van der Waals surface area contributed by atoms with Gasteiger partial charge >= 0.3 is 5.97 Å². The highest BCUT2D eigenvalue weighted by molar-refractivity contribution is 5.89. The molecule has 1 saturated heterocycles. The molecule has 1 aromatic heterocycles. The van der Waals surface area contributed by atoms with Gasteiger partial charge in [0.05, 0.1) is 31.6 Å². The lowest BCUT2D eigenvalue weighted by Gasteiger charge is -2.38. The number of esters is 1. The van der Waals surface area contributed by atoms with E-state index >= 15 is 4.39 Å². The Bertz CT molecular complexity index is 1120. The third kappa shape index (κ3) is 3.52. The summed E-state index contributed by atoms with van der Waals surface area (Å²) >= 11 is 0. The minimum Gasteiger partial charge on any atom is -0.493 e. The maximum absolute atomic E-state index is 15.6. The molecule has 32 heavy (non-hydrogen) atoms. The summed E-state index contributed by atoms with van der Waals surface area (Å²) in [4.78, 5) is 25.2. The number of carbonyl (C=O) groups excluding carboxylic acids is 1. The third-order valence-corrected chi connectivity index (χ3v) is 6.36. The summed E-state index contributed by atoms with van der Waals surface area (Å²) in [5.74, 6) is -1.03. The van der Waals surface area contributed by atoms with E-state index in [0.29, 0.717) is 18.8 Å². The van der Waals surface area contributed by atoms with Gasteiger partial charge in [-0.3, -0.25) is 4.79 Å². The predicted molar refractivity (Wildman–Crippen MR) is 119 cm³/mol. The number of ether oxygens (including phenoxy) is 3. The van der Waals surface area contributed by atoms with Crippen molar-refractivity contribution >= 4 is 5.97 Å². The maximum atomic E-state index is 15.6. The molecule has 7 heteroatoms.